The molecule has 2 aliphatic heterocycles. The highest BCUT2D eigenvalue weighted by atomic mass is 19.4. The Morgan fingerprint density at radius 1 is 1.04 bits per heavy atom. The van der Waals surface area contributed by atoms with E-state index in [4.69, 9.17) is 15.2 Å². The molecule has 0 atom stereocenters. The van der Waals surface area contributed by atoms with E-state index in [1.807, 2.05) is 11.9 Å². The number of hydrogen-bond donors (Lipinski definition) is 1. The Hall–Kier alpha value is -4.51. The summed E-state index contributed by atoms with van der Waals surface area (Å²) in [6, 6.07) is 8.99. The van der Waals surface area contributed by atoms with Gasteiger partial charge in [-0.3, -0.25) is 14.7 Å². The Morgan fingerprint density at radius 3 is 2.56 bits per heavy atom. The van der Waals surface area contributed by atoms with Gasteiger partial charge >= 0.3 is 6.18 Å². The number of rotatable bonds is 6. The van der Waals surface area contributed by atoms with Gasteiger partial charge in [-0.25, -0.2) is 9.50 Å². The summed E-state index contributed by atoms with van der Waals surface area (Å²) in [5.74, 6) is 5.53. The smallest absolute Gasteiger partial charge is 0.416 e. The number of amides is 1. The lowest BCUT2D eigenvalue weighted by Crippen LogP contribution is -2.44. The minimum Gasteiger partial charge on any atom is -0.473 e. The first-order valence-corrected chi connectivity index (χ1v) is 14.7. The van der Waals surface area contributed by atoms with E-state index in [2.05, 4.69) is 31.8 Å². The largest absolute Gasteiger partial charge is 0.473 e. The SMILES string of the molecule is CN1CCN(Cc2ccc(-c3ncc(C#Cc4cnc5ccc(OC6CCOCC6)nn45)cc3C(N)=O)cc2C(F)(F)F)CC1. The zero-order valence-corrected chi connectivity index (χ0v) is 24.7. The fourth-order valence-corrected chi connectivity index (χ4v) is 5.43. The van der Waals surface area contributed by atoms with Crippen molar-refractivity contribution in [3.05, 3.63) is 76.7 Å². The standard InChI is InChI=1S/C32H32F3N7O3/c1-40-10-12-41(13-11-40)20-23-4-3-22(17-27(23)32(33,34)35)30-26(31(36)43)16-21(18-38-30)2-5-24-19-37-28-6-7-29(39-42(24)28)45-25-8-14-44-15-9-25/h3-4,6-7,16-19,25H,8-15,20H2,1H3,(H2,36,43). The summed E-state index contributed by atoms with van der Waals surface area (Å²) in [4.78, 5) is 25.3. The van der Waals surface area contributed by atoms with Crippen molar-refractivity contribution in [2.75, 3.05) is 46.4 Å². The molecule has 3 aromatic heterocycles. The molecule has 4 aromatic rings. The molecule has 0 unspecified atom stereocenters. The predicted octanol–water partition coefficient (Wildman–Crippen LogP) is 3.61. The van der Waals surface area contributed by atoms with Crippen molar-refractivity contribution in [3.63, 3.8) is 0 Å². The number of nitrogens with two attached hydrogens (primary N) is 1. The van der Waals surface area contributed by atoms with E-state index in [0.717, 1.165) is 32.0 Å². The van der Waals surface area contributed by atoms with Crippen LogP contribution in [-0.2, 0) is 17.5 Å². The van der Waals surface area contributed by atoms with Crippen LogP contribution < -0.4 is 10.5 Å². The number of carbonyl (C=O) groups excluding carboxylic acids is 1. The van der Waals surface area contributed by atoms with E-state index >= 15 is 0 Å². The van der Waals surface area contributed by atoms with E-state index in [-0.39, 0.29) is 35.0 Å². The highest BCUT2D eigenvalue weighted by Gasteiger charge is 2.34. The van der Waals surface area contributed by atoms with Crippen LogP contribution in [0.5, 0.6) is 5.88 Å². The summed E-state index contributed by atoms with van der Waals surface area (Å²) >= 11 is 0. The Kier molecular flexibility index (Phi) is 8.71. The minimum atomic E-state index is -4.59. The van der Waals surface area contributed by atoms with Crippen molar-refractivity contribution in [2.45, 2.75) is 31.7 Å². The molecule has 2 aliphatic rings. The number of piperazine rings is 1. The number of alkyl halides is 3. The van der Waals surface area contributed by atoms with Gasteiger partial charge in [-0.15, -0.1) is 5.10 Å². The third-order valence-corrected chi connectivity index (χ3v) is 7.96. The number of fused-ring (bicyclic) bond motifs is 1. The van der Waals surface area contributed by atoms with Crippen LogP contribution in [0.15, 0.2) is 48.8 Å². The lowest BCUT2D eigenvalue weighted by Gasteiger charge is -2.33. The number of imidazole rings is 1. The first-order chi connectivity index (χ1) is 21.6. The molecule has 0 spiro atoms. The number of hydrogen-bond acceptors (Lipinski definition) is 8. The van der Waals surface area contributed by atoms with E-state index in [0.29, 0.717) is 49.1 Å². The van der Waals surface area contributed by atoms with Gasteiger partial charge in [0, 0.05) is 69.0 Å². The van der Waals surface area contributed by atoms with Gasteiger partial charge in [0.1, 0.15) is 11.8 Å². The van der Waals surface area contributed by atoms with Crippen LogP contribution in [0.1, 0.15) is 45.6 Å². The van der Waals surface area contributed by atoms with Gasteiger partial charge in [-0.1, -0.05) is 18.1 Å². The van der Waals surface area contributed by atoms with Crippen LogP contribution in [-0.4, -0.2) is 87.8 Å². The van der Waals surface area contributed by atoms with Crippen molar-refractivity contribution in [1.29, 1.82) is 0 Å². The van der Waals surface area contributed by atoms with Gasteiger partial charge in [-0.2, -0.15) is 13.2 Å². The lowest BCUT2D eigenvalue weighted by atomic mass is 9.97. The molecule has 0 bridgehead atoms. The third kappa shape index (κ3) is 7.09. The first kappa shape index (κ1) is 30.5. The van der Waals surface area contributed by atoms with E-state index in [1.165, 1.54) is 18.3 Å². The third-order valence-electron chi connectivity index (χ3n) is 7.96. The first-order valence-electron chi connectivity index (χ1n) is 14.7. The molecule has 6 rings (SSSR count). The topological polar surface area (TPSA) is 111 Å². The van der Waals surface area contributed by atoms with Gasteiger partial charge in [0.2, 0.25) is 5.88 Å². The molecule has 2 N–H and O–H groups in total. The average Bonchev–Trinajstić information content (AvgIpc) is 3.43. The number of ether oxygens (including phenoxy) is 2. The fourth-order valence-electron chi connectivity index (χ4n) is 5.43. The molecule has 2 saturated heterocycles. The molecule has 0 radical (unpaired) electrons. The summed E-state index contributed by atoms with van der Waals surface area (Å²) in [6.07, 6.45) is -0.0597. The van der Waals surface area contributed by atoms with Crippen molar-refractivity contribution < 1.29 is 27.4 Å². The van der Waals surface area contributed by atoms with E-state index < -0.39 is 17.6 Å². The van der Waals surface area contributed by atoms with Crippen LogP contribution in [0.2, 0.25) is 0 Å². The number of benzene rings is 1. The summed E-state index contributed by atoms with van der Waals surface area (Å²) in [5.41, 5.74) is 6.61. The zero-order valence-electron chi connectivity index (χ0n) is 24.7. The van der Waals surface area contributed by atoms with Crippen molar-refractivity contribution >= 4 is 11.6 Å². The summed E-state index contributed by atoms with van der Waals surface area (Å²) in [5, 5.41) is 4.52. The summed E-state index contributed by atoms with van der Waals surface area (Å²) < 4.78 is 55.5. The van der Waals surface area contributed by atoms with Gasteiger partial charge < -0.3 is 20.1 Å². The zero-order chi connectivity index (χ0) is 31.6. The number of halogens is 3. The highest BCUT2D eigenvalue weighted by molar-refractivity contribution is 5.99. The summed E-state index contributed by atoms with van der Waals surface area (Å²) in [6.45, 7) is 4.40. The average molecular weight is 620 g/mol. The van der Waals surface area contributed by atoms with Gasteiger partial charge in [0.05, 0.1) is 36.2 Å². The molecular weight excluding hydrogens is 587 g/mol. The van der Waals surface area contributed by atoms with E-state index in [9.17, 15) is 18.0 Å². The highest BCUT2D eigenvalue weighted by Crippen LogP contribution is 2.36. The second-order valence-corrected chi connectivity index (χ2v) is 11.2. The minimum absolute atomic E-state index is 0.0129. The number of primary amides is 1. The van der Waals surface area contributed by atoms with Crippen molar-refractivity contribution in [2.24, 2.45) is 5.73 Å². The maximum absolute atomic E-state index is 14.2. The van der Waals surface area contributed by atoms with Crippen LogP contribution in [0.4, 0.5) is 13.2 Å². The number of carbonyl (C=O) groups is 1. The van der Waals surface area contributed by atoms with Crippen LogP contribution in [0, 0.1) is 11.8 Å². The molecule has 2 fully saturated rings. The molecule has 0 saturated carbocycles. The Bertz CT molecular complexity index is 1770. The molecular formula is C32H32F3N7O3. The molecule has 1 aromatic carbocycles. The Labute approximate surface area is 257 Å². The number of pyridine rings is 1. The van der Waals surface area contributed by atoms with Crippen LogP contribution in [0.3, 0.4) is 0 Å². The predicted molar refractivity (Wildman–Crippen MR) is 159 cm³/mol. The maximum atomic E-state index is 14.2. The molecule has 5 heterocycles. The van der Waals surface area contributed by atoms with Crippen LogP contribution >= 0.6 is 0 Å². The van der Waals surface area contributed by atoms with Gasteiger partial charge in [0.25, 0.3) is 5.91 Å². The van der Waals surface area contributed by atoms with Crippen molar-refractivity contribution in [1.82, 2.24) is 29.4 Å². The number of aromatic nitrogens is 4. The molecule has 234 valence electrons. The second kappa shape index (κ2) is 12.8. The van der Waals surface area contributed by atoms with Gasteiger partial charge in [-0.05, 0) is 36.7 Å². The number of likely N-dealkylation sites (N-methyl/N-ethyl adjacent to an activating group) is 1. The van der Waals surface area contributed by atoms with E-state index in [1.54, 1.807) is 28.9 Å². The quantitative estimate of drug-likeness (QED) is 0.326. The summed E-state index contributed by atoms with van der Waals surface area (Å²) in [7, 11) is 1.99. The Morgan fingerprint density at radius 2 is 1.82 bits per heavy atom. The molecule has 10 nitrogen and oxygen atoms in total. The fraction of sp³-hybridized carbons (Fsp3) is 0.375. The van der Waals surface area contributed by atoms with Crippen molar-refractivity contribution in [3.8, 4) is 29.0 Å². The molecule has 13 heteroatoms. The molecule has 1 amide bonds. The number of nitrogens with zero attached hydrogens (tertiary/aromatic N) is 6. The molecule has 0 aliphatic carbocycles. The monoisotopic (exact) mass is 619 g/mol. The Balaban J connectivity index is 1.27. The normalized spacial score (nSPS) is 16.8. The van der Waals surface area contributed by atoms with Crippen LogP contribution in [0.25, 0.3) is 16.9 Å². The van der Waals surface area contributed by atoms with Gasteiger partial charge in [0.15, 0.2) is 5.65 Å². The lowest BCUT2D eigenvalue weighted by molar-refractivity contribution is -0.138. The molecule has 45 heavy (non-hydrogen) atoms. The second-order valence-electron chi connectivity index (χ2n) is 11.2. The maximum Gasteiger partial charge on any atom is 0.416 e.